The van der Waals surface area contributed by atoms with Gasteiger partial charge in [0.1, 0.15) is 0 Å². The van der Waals surface area contributed by atoms with Gasteiger partial charge < -0.3 is 9.84 Å². The average Bonchev–Trinajstić information content (AvgIpc) is 2.39. The Morgan fingerprint density at radius 3 is 2.86 bits per heavy atom. The van der Waals surface area contributed by atoms with Crippen molar-refractivity contribution in [2.24, 2.45) is 0 Å². The maximum absolute atomic E-state index is 11.0. The number of nitro groups is 1. The van der Waals surface area contributed by atoms with Gasteiger partial charge in [0.05, 0.1) is 23.2 Å². The highest BCUT2D eigenvalue weighted by molar-refractivity contribution is 5.44. The van der Waals surface area contributed by atoms with E-state index in [1.807, 2.05) is 19.9 Å². The predicted octanol–water partition coefficient (Wildman–Crippen LogP) is 1.87. The van der Waals surface area contributed by atoms with Crippen LogP contribution in [0.25, 0.3) is 0 Å². The zero-order chi connectivity index (χ0) is 15.6. The van der Waals surface area contributed by atoms with Gasteiger partial charge in [-0.15, -0.1) is 0 Å². The molecule has 0 bridgehead atoms. The third kappa shape index (κ3) is 3.78. The van der Waals surface area contributed by atoms with Crippen molar-refractivity contribution in [2.75, 3.05) is 19.7 Å². The van der Waals surface area contributed by atoms with Gasteiger partial charge >= 0.3 is 0 Å². The third-order valence-corrected chi connectivity index (χ3v) is 3.76. The number of aliphatic hydroxyl groups is 1. The molecule has 1 aromatic rings. The summed E-state index contributed by atoms with van der Waals surface area (Å²) in [6, 6.07) is 5.16. The topological polar surface area (TPSA) is 75.8 Å². The SMILES string of the molecule is Cc1c(CN2CC(CO)OC(C)(C)C2)cccc1[N+](=O)[O-]. The lowest BCUT2D eigenvalue weighted by Gasteiger charge is -2.42. The molecule has 0 amide bonds. The second kappa shape index (κ2) is 6.09. The first-order valence-electron chi connectivity index (χ1n) is 7.06. The van der Waals surface area contributed by atoms with Gasteiger partial charge in [0.2, 0.25) is 0 Å². The maximum Gasteiger partial charge on any atom is 0.272 e. The van der Waals surface area contributed by atoms with E-state index >= 15 is 0 Å². The molecule has 0 spiro atoms. The van der Waals surface area contributed by atoms with E-state index in [0.29, 0.717) is 18.7 Å². The maximum atomic E-state index is 11.0. The first kappa shape index (κ1) is 15.9. The Morgan fingerprint density at radius 2 is 2.24 bits per heavy atom. The minimum Gasteiger partial charge on any atom is -0.394 e. The summed E-state index contributed by atoms with van der Waals surface area (Å²) in [5, 5.41) is 20.3. The fourth-order valence-corrected chi connectivity index (χ4v) is 2.91. The van der Waals surface area contributed by atoms with Gasteiger partial charge in [-0.1, -0.05) is 12.1 Å². The van der Waals surface area contributed by atoms with Crippen LogP contribution in [0.5, 0.6) is 0 Å². The number of rotatable bonds is 4. The van der Waals surface area contributed by atoms with Crippen molar-refractivity contribution in [3.63, 3.8) is 0 Å². The second-order valence-electron chi connectivity index (χ2n) is 6.17. The number of nitro benzene ring substituents is 1. The molecule has 1 fully saturated rings. The van der Waals surface area contributed by atoms with Crippen LogP contribution < -0.4 is 0 Å². The van der Waals surface area contributed by atoms with Gasteiger partial charge in [-0.25, -0.2) is 0 Å². The summed E-state index contributed by atoms with van der Waals surface area (Å²) in [4.78, 5) is 12.8. The molecule has 116 valence electrons. The van der Waals surface area contributed by atoms with Crippen LogP contribution in [0.2, 0.25) is 0 Å². The first-order chi connectivity index (χ1) is 9.82. The molecule has 0 aromatic heterocycles. The third-order valence-electron chi connectivity index (χ3n) is 3.76. The monoisotopic (exact) mass is 294 g/mol. The van der Waals surface area contributed by atoms with Crippen LogP contribution in [0.3, 0.4) is 0 Å². The number of hydrogen-bond donors (Lipinski definition) is 1. The van der Waals surface area contributed by atoms with Crippen molar-refractivity contribution < 1.29 is 14.8 Å². The van der Waals surface area contributed by atoms with E-state index in [-0.39, 0.29) is 28.9 Å². The number of ether oxygens (including phenoxy) is 1. The zero-order valence-electron chi connectivity index (χ0n) is 12.7. The lowest BCUT2D eigenvalue weighted by atomic mass is 10.0. The molecule has 6 nitrogen and oxygen atoms in total. The van der Waals surface area contributed by atoms with Crippen LogP contribution in [-0.4, -0.2) is 46.3 Å². The number of benzene rings is 1. The van der Waals surface area contributed by atoms with Crippen LogP contribution in [0.1, 0.15) is 25.0 Å². The van der Waals surface area contributed by atoms with Gasteiger partial charge in [0.25, 0.3) is 5.69 Å². The highest BCUT2D eigenvalue weighted by atomic mass is 16.6. The Balaban J connectivity index is 2.18. The van der Waals surface area contributed by atoms with Gasteiger partial charge in [-0.3, -0.25) is 15.0 Å². The number of morpholine rings is 1. The summed E-state index contributed by atoms with van der Waals surface area (Å²) >= 11 is 0. The minimum absolute atomic E-state index is 0.0200. The molecule has 0 aliphatic carbocycles. The highest BCUT2D eigenvalue weighted by Crippen LogP contribution is 2.26. The van der Waals surface area contributed by atoms with Crippen molar-refractivity contribution in [2.45, 2.75) is 39.0 Å². The van der Waals surface area contributed by atoms with E-state index in [9.17, 15) is 15.2 Å². The van der Waals surface area contributed by atoms with E-state index in [1.54, 1.807) is 13.0 Å². The molecular weight excluding hydrogens is 272 g/mol. The van der Waals surface area contributed by atoms with E-state index in [1.165, 1.54) is 6.07 Å². The molecule has 1 heterocycles. The summed E-state index contributed by atoms with van der Waals surface area (Å²) < 4.78 is 5.78. The summed E-state index contributed by atoms with van der Waals surface area (Å²) in [7, 11) is 0. The van der Waals surface area contributed by atoms with Crippen molar-refractivity contribution >= 4 is 5.69 Å². The molecule has 1 aliphatic rings. The largest absolute Gasteiger partial charge is 0.394 e. The Kier molecular flexibility index (Phi) is 4.61. The molecule has 1 aromatic carbocycles. The van der Waals surface area contributed by atoms with Crippen molar-refractivity contribution in [1.82, 2.24) is 4.90 Å². The van der Waals surface area contributed by atoms with Gasteiger partial charge in [-0.05, 0) is 26.3 Å². The fourth-order valence-electron chi connectivity index (χ4n) is 2.91. The van der Waals surface area contributed by atoms with E-state index in [4.69, 9.17) is 4.74 Å². The second-order valence-corrected chi connectivity index (χ2v) is 6.17. The normalized spacial score (nSPS) is 22.2. The molecule has 1 atom stereocenters. The molecule has 1 saturated heterocycles. The van der Waals surface area contributed by atoms with Crippen LogP contribution in [0, 0.1) is 17.0 Å². The summed E-state index contributed by atoms with van der Waals surface area (Å²) in [6.45, 7) is 7.71. The Bertz CT molecular complexity index is 530. The molecular formula is C15H22N2O4. The van der Waals surface area contributed by atoms with Gasteiger partial charge in [0, 0.05) is 31.3 Å². The van der Waals surface area contributed by atoms with Gasteiger partial charge in [0.15, 0.2) is 0 Å². The Labute approximate surface area is 124 Å². The lowest BCUT2D eigenvalue weighted by Crippen LogP contribution is -2.53. The summed E-state index contributed by atoms with van der Waals surface area (Å²) in [6.07, 6.45) is -0.215. The minimum atomic E-state index is -0.349. The van der Waals surface area contributed by atoms with Gasteiger partial charge in [-0.2, -0.15) is 0 Å². The number of hydrogen-bond acceptors (Lipinski definition) is 5. The smallest absolute Gasteiger partial charge is 0.272 e. The number of nitrogens with zero attached hydrogens (tertiary/aromatic N) is 2. The predicted molar refractivity (Wildman–Crippen MR) is 79.1 cm³/mol. The van der Waals surface area contributed by atoms with E-state index < -0.39 is 0 Å². The van der Waals surface area contributed by atoms with Crippen molar-refractivity contribution in [3.05, 3.63) is 39.4 Å². The fraction of sp³-hybridized carbons (Fsp3) is 0.600. The van der Waals surface area contributed by atoms with E-state index in [0.717, 1.165) is 12.1 Å². The molecule has 1 unspecified atom stereocenters. The molecule has 21 heavy (non-hydrogen) atoms. The van der Waals surface area contributed by atoms with Crippen LogP contribution in [0.4, 0.5) is 5.69 Å². The van der Waals surface area contributed by atoms with Crippen molar-refractivity contribution in [1.29, 1.82) is 0 Å². The summed E-state index contributed by atoms with van der Waals surface area (Å²) in [5.41, 5.74) is 1.46. The van der Waals surface area contributed by atoms with Crippen LogP contribution in [-0.2, 0) is 11.3 Å². The molecule has 2 rings (SSSR count). The standard InChI is InChI=1S/C15H22N2O4/c1-11-12(5-4-6-14(11)17(19)20)7-16-8-13(9-18)21-15(2,3)10-16/h4-6,13,18H,7-10H2,1-3H3. The Morgan fingerprint density at radius 1 is 1.52 bits per heavy atom. The molecule has 1 aliphatic heterocycles. The molecule has 0 saturated carbocycles. The quantitative estimate of drug-likeness (QED) is 0.678. The lowest BCUT2D eigenvalue weighted by molar-refractivity contribution is -0.385. The molecule has 0 radical (unpaired) electrons. The molecule has 6 heteroatoms. The van der Waals surface area contributed by atoms with Crippen LogP contribution >= 0.6 is 0 Å². The highest BCUT2D eigenvalue weighted by Gasteiger charge is 2.33. The van der Waals surface area contributed by atoms with E-state index in [2.05, 4.69) is 4.90 Å². The number of aliphatic hydroxyl groups excluding tert-OH is 1. The Hall–Kier alpha value is -1.50. The first-order valence-corrected chi connectivity index (χ1v) is 7.06. The van der Waals surface area contributed by atoms with Crippen molar-refractivity contribution in [3.8, 4) is 0 Å². The van der Waals surface area contributed by atoms with Crippen LogP contribution in [0.15, 0.2) is 18.2 Å². The average molecular weight is 294 g/mol. The summed E-state index contributed by atoms with van der Waals surface area (Å²) in [5.74, 6) is 0. The molecule has 1 N–H and O–H groups in total. The zero-order valence-corrected chi connectivity index (χ0v) is 12.7.